The number of sulfone groups is 1. The second-order valence-electron chi connectivity index (χ2n) is 7.48. The van der Waals surface area contributed by atoms with Crippen LogP contribution >= 0.6 is 11.3 Å². The van der Waals surface area contributed by atoms with Crippen LogP contribution in [-0.2, 0) is 25.8 Å². The molecule has 2 amide bonds. The number of nitrogens with zero attached hydrogens (tertiary/aromatic N) is 1. The van der Waals surface area contributed by atoms with E-state index in [2.05, 4.69) is 15.6 Å². The van der Waals surface area contributed by atoms with Crippen molar-refractivity contribution in [3.63, 3.8) is 0 Å². The van der Waals surface area contributed by atoms with E-state index in [9.17, 15) is 26.8 Å². The van der Waals surface area contributed by atoms with E-state index in [0.717, 1.165) is 23.5 Å². The van der Waals surface area contributed by atoms with E-state index in [1.54, 1.807) is 6.92 Å². The lowest BCUT2D eigenvalue weighted by Gasteiger charge is -2.17. The molecule has 0 fully saturated rings. The third kappa shape index (κ3) is 6.81. The Kier molecular flexibility index (Phi) is 8.48. The molecule has 9 nitrogen and oxygen atoms in total. The number of halogens is 2. The second kappa shape index (κ2) is 11.3. The molecule has 186 valence electrons. The first kappa shape index (κ1) is 26.2. The minimum absolute atomic E-state index is 0.0183. The van der Waals surface area contributed by atoms with Crippen molar-refractivity contribution in [2.75, 3.05) is 10.8 Å². The van der Waals surface area contributed by atoms with Crippen LogP contribution in [0.2, 0.25) is 0 Å². The average molecular weight is 525 g/mol. The fourth-order valence-electron chi connectivity index (χ4n) is 3.16. The summed E-state index contributed by atoms with van der Waals surface area (Å²) in [6.45, 7) is 1.81. The molecule has 1 aromatic heterocycles. The van der Waals surface area contributed by atoms with Crippen molar-refractivity contribution in [2.45, 2.75) is 42.1 Å². The number of hydrogen-bond acceptors (Lipinski definition) is 8. The highest BCUT2D eigenvalue weighted by Gasteiger charge is 2.24. The van der Waals surface area contributed by atoms with Crippen LogP contribution < -0.4 is 16.1 Å². The maximum absolute atomic E-state index is 13.4. The Morgan fingerprint density at radius 2 is 1.77 bits per heavy atom. The van der Waals surface area contributed by atoms with Gasteiger partial charge < -0.3 is 10.6 Å². The van der Waals surface area contributed by atoms with Gasteiger partial charge in [-0.3, -0.25) is 20.3 Å². The van der Waals surface area contributed by atoms with Gasteiger partial charge in [0.1, 0.15) is 17.7 Å². The molecule has 3 rings (SSSR count). The molecule has 0 aliphatic carbocycles. The second-order valence-corrected chi connectivity index (χ2v) is 10.2. The van der Waals surface area contributed by atoms with E-state index in [-0.39, 0.29) is 33.5 Å². The van der Waals surface area contributed by atoms with Crippen molar-refractivity contribution in [1.82, 2.24) is 10.3 Å². The summed E-state index contributed by atoms with van der Waals surface area (Å²) in [5.74, 6) is -2.84. The molecule has 0 saturated carbocycles. The van der Waals surface area contributed by atoms with Crippen LogP contribution in [0.5, 0.6) is 0 Å². The largest absolute Gasteiger partial charge is 0.344 e. The maximum Gasteiger partial charge on any atom is 0.248 e. The highest BCUT2D eigenvalue weighted by Crippen LogP contribution is 2.26. The van der Waals surface area contributed by atoms with Crippen LogP contribution in [-0.4, -0.2) is 36.5 Å². The van der Waals surface area contributed by atoms with Gasteiger partial charge in [0.05, 0.1) is 17.0 Å². The zero-order chi connectivity index (χ0) is 25.6. The molecule has 0 bridgehead atoms. The molecule has 3 aromatic rings. The van der Waals surface area contributed by atoms with Gasteiger partial charge in [-0.25, -0.2) is 22.2 Å². The molecule has 0 saturated heterocycles. The lowest BCUT2D eigenvalue weighted by Crippen LogP contribution is -2.44. The van der Waals surface area contributed by atoms with Crippen LogP contribution in [0.25, 0.3) is 0 Å². The van der Waals surface area contributed by atoms with E-state index in [0.29, 0.717) is 18.2 Å². The number of carbonyl (C=O) groups is 2. The van der Waals surface area contributed by atoms with Gasteiger partial charge in [-0.05, 0) is 48.4 Å². The fourth-order valence-corrected chi connectivity index (χ4v) is 5.39. The number of hydrogen-bond donors (Lipinski definition) is 4. The van der Waals surface area contributed by atoms with Crippen molar-refractivity contribution in [3.05, 3.63) is 65.0 Å². The first-order valence-corrected chi connectivity index (χ1v) is 12.7. The number of amides is 2. The Hall–Kier alpha value is -3.42. The van der Waals surface area contributed by atoms with Crippen LogP contribution in [0.15, 0.2) is 57.8 Å². The number of aromatic nitrogens is 1. The van der Waals surface area contributed by atoms with Crippen LogP contribution in [0.1, 0.15) is 25.3 Å². The van der Waals surface area contributed by atoms with Crippen LogP contribution in [0.4, 0.5) is 19.6 Å². The molecule has 1 heterocycles. The van der Waals surface area contributed by atoms with E-state index in [4.69, 9.17) is 5.21 Å². The minimum Gasteiger partial charge on any atom is -0.344 e. The molecule has 1 atom stereocenters. The van der Waals surface area contributed by atoms with Gasteiger partial charge in [0, 0.05) is 11.4 Å². The average Bonchev–Trinajstić information content (AvgIpc) is 3.27. The molecule has 35 heavy (non-hydrogen) atoms. The third-order valence-corrected chi connectivity index (χ3v) is 7.36. The first-order chi connectivity index (χ1) is 16.6. The highest BCUT2D eigenvalue weighted by molar-refractivity contribution is 7.91. The maximum atomic E-state index is 13.4. The van der Waals surface area contributed by atoms with E-state index < -0.39 is 39.3 Å². The number of anilines is 2. The van der Waals surface area contributed by atoms with Gasteiger partial charge in [0.2, 0.25) is 21.7 Å². The summed E-state index contributed by atoms with van der Waals surface area (Å²) >= 11 is 0.897. The molecule has 1 unspecified atom stereocenters. The summed E-state index contributed by atoms with van der Waals surface area (Å²) in [6, 6.07) is 7.13. The van der Waals surface area contributed by atoms with Gasteiger partial charge in [-0.1, -0.05) is 13.3 Å². The summed E-state index contributed by atoms with van der Waals surface area (Å²) in [5, 5.41) is 14.9. The predicted octanol–water partition coefficient (Wildman–Crippen LogP) is 3.52. The van der Waals surface area contributed by atoms with E-state index in [1.807, 2.05) is 5.48 Å². The van der Waals surface area contributed by atoms with Gasteiger partial charge in [0.15, 0.2) is 10.2 Å². The monoisotopic (exact) mass is 524 g/mol. The number of rotatable bonds is 10. The van der Waals surface area contributed by atoms with Gasteiger partial charge in [0.25, 0.3) is 0 Å². The molecule has 4 N–H and O–H groups in total. The molecule has 0 spiro atoms. The Morgan fingerprint density at radius 3 is 2.37 bits per heavy atom. The Balaban J connectivity index is 1.68. The Labute approximate surface area is 204 Å². The minimum atomic E-state index is -3.96. The smallest absolute Gasteiger partial charge is 0.248 e. The lowest BCUT2D eigenvalue weighted by molar-refractivity contribution is -0.126. The van der Waals surface area contributed by atoms with Crippen LogP contribution in [0.3, 0.4) is 0 Å². The fraction of sp³-hybridized carbons (Fsp3) is 0.227. The topological polar surface area (TPSA) is 137 Å². The van der Waals surface area contributed by atoms with E-state index in [1.165, 1.54) is 29.6 Å². The first-order valence-electron chi connectivity index (χ1n) is 10.4. The predicted molar refractivity (Wildman–Crippen MR) is 125 cm³/mol. The molecule has 0 aliphatic heterocycles. The summed E-state index contributed by atoms with van der Waals surface area (Å²) < 4.78 is 52.3. The summed E-state index contributed by atoms with van der Waals surface area (Å²) in [4.78, 5) is 29.0. The van der Waals surface area contributed by atoms with Crippen molar-refractivity contribution in [3.8, 4) is 0 Å². The lowest BCUT2D eigenvalue weighted by atomic mass is 10.1. The van der Waals surface area contributed by atoms with Crippen molar-refractivity contribution in [1.29, 1.82) is 0 Å². The van der Waals surface area contributed by atoms with Crippen molar-refractivity contribution >= 4 is 43.8 Å². The Bertz CT molecular complexity index is 1290. The zero-order valence-electron chi connectivity index (χ0n) is 18.4. The van der Waals surface area contributed by atoms with Crippen molar-refractivity contribution in [2.24, 2.45) is 0 Å². The van der Waals surface area contributed by atoms with E-state index >= 15 is 0 Å². The molecular weight excluding hydrogens is 502 g/mol. The summed E-state index contributed by atoms with van der Waals surface area (Å²) in [7, 11) is -3.96. The zero-order valence-corrected chi connectivity index (χ0v) is 20.1. The summed E-state index contributed by atoms with van der Waals surface area (Å²) in [6.07, 6.45) is 0.492. The van der Waals surface area contributed by atoms with Crippen molar-refractivity contribution < 1.29 is 32.0 Å². The van der Waals surface area contributed by atoms with Gasteiger partial charge in [-0.2, -0.15) is 0 Å². The van der Waals surface area contributed by atoms with Crippen LogP contribution in [0, 0.1) is 11.6 Å². The highest BCUT2D eigenvalue weighted by atomic mass is 32.2. The SMILES string of the molecule is CCCC(NC(=O)Cc1cc(F)cc(F)c1)C(=O)Nc1nc(S(=O)(=O)c2ccc(NO)cc2)cs1. The van der Waals surface area contributed by atoms with Gasteiger partial charge in [-0.15, -0.1) is 11.3 Å². The quantitative estimate of drug-likeness (QED) is 0.298. The number of nitrogens with one attached hydrogen (secondary N) is 3. The molecular formula is C22H22F2N4O5S2. The molecule has 13 heteroatoms. The molecule has 0 radical (unpaired) electrons. The molecule has 0 aliphatic rings. The number of carbonyl (C=O) groups excluding carboxylic acids is 2. The number of thiazole rings is 1. The standard InChI is InChI=1S/C22H22F2N4O5S2/c1-2-3-18(25-19(29)10-13-8-14(23)11-15(24)9-13)21(30)27-22-26-20(12-34-22)35(32,33)17-6-4-16(28-31)5-7-17/h4-9,11-12,18,28,31H,2-3,10H2,1H3,(H,25,29)(H,26,27,30). The number of benzene rings is 2. The van der Waals surface area contributed by atoms with Gasteiger partial charge >= 0.3 is 0 Å². The summed E-state index contributed by atoms with van der Waals surface area (Å²) in [5.41, 5.74) is 2.33. The Morgan fingerprint density at radius 1 is 1.11 bits per heavy atom. The molecule has 2 aromatic carbocycles. The normalized spacial score (nSPS) is 12.1. The third-order valence-electron chi connectivity index (χ3n) is 4.80.